The number of aromatic nitrogens is 2. The van der Waals surface area contributed by atoms with Crippen molar-refractivity contribution in [2.45, 2.75) is 25.0 Å². The molecule has 1 aromatic heterocycles. The van der Waals surface area contributed by atoms with Crippen molar-refractivity contribution in [3.05, 3.63) is 66.5 Å². The highest BCUT2D eigenvalue weighted by molar-refractivity contribution is 5.74. The maximum Gasteiger partial charge on any atom is 0.0959 e. The number of benzene rings is 2. The van der Waals surface area contributed by atoms with Gasteiger partial charge in [0.1, 0.15) is 0 Å². The van der Waals surface area contributed by atoms with Gasteiger partial charge in [0.2, 0.25) is 0 Å². The van der Waals surface area contributed by atoms with Gasteiger partial charge < -0.3 is 9.67 Å². The molecule has 0 radical (unpaired) electrons. The van der Waals surface area contributed by atoms with Crippen LogP contribution in [-0.2, 0) is 6.54 Å². The fourth-order valence-corrected chi connectivity index (χ4v) is 3.22. The molecule has 106 valence electrons. The molecule has 2 aromatic carbocycles. The van der Waals surface area contributed by atoms with Gasteiger partial charge in [0.25, 0.3) is 0 Å². The summed E-state index contributed by atoms with van der Waals surface area (Å²) < 4.78 is 2.06. The molecular formula is C18H18N2O. The van der Waals surface area contributed by atoms with E-state index in [0.29, 0.717) is 18.4 Å². The molecule has 0 bridgehead atoms. The van der Waals surface area contributed by atoms with Crippen LogP contribution in [0.1, 0.15) is 17.9 Å². The van der Waals surface area contributed by atoms with Crippen molar-refractivity contribution < 1.29 is 5.11 Å². The van der Waals surface area contributed by atoms with Gasteiger partial charge >= 0.3 is 0 Å². The van der Waals surface area contributed by atoms with E-state index >= 15 is 0 Å². The lowest BCUT2D eigenvalue weighted by Gasteiger charge is -2.12. The molecule has 3 heteroatoms. The van der Waals surface area contributed by atoms with Crippen LogP contribution >= 0.6 is 0 Å². The van der Waals surface area contributed by atoms with Crippen molar-refractivity contribution in [1.82, 2.24) is 9.55 Å². The van der Waals surface area contributed by atoms with Crippen LogP contribution in [0.4, 0.5) is 0 Å². The van der Waals surface area contributed by atoms with E-state index in [1.54, 1.807) is 0 Å². The molecule has 0 spiro atoms. The summed E-state index contributed by atoms with van der Waals surface area (Å²) in [5, 5.41) is 10.5. The third-order valence-electron chi connectivity index (χ3n) is 4.47. The van der Waals surface area contributed by atoms with Crippen LogP contribution in [0, 0.1) is 5.92 Å². The Kier molecular flexibility index (Phi) is 3.00. The third-order valence-corrected chi connectivity index (χ3v) is 4.47. The SMILES string of the molecule is OC(Cn1cnc2ccccc21)C1CC1c1ccccc1. The van der Waals surface area contributed by atoms with Crippen molar-refractivity contribution in [2.24, 2.45) is 5.92 Å². The van der Waals surface area contributed by atoms with Gasteiger partial charge in [-0.15, -0.1) is 0 Å². The van der Waals surface area contributed by atoms with Crippen molar-refractivity contribution in [2.75, 3.05) is 0 Å². The van der Waals surface area contributed by atoms with Crippen LogP contribution in [-0.4, -0.2) is 20.8 Å². The second-order valence-corrected chi connectivity index (χ2v) is 5.87. The Bertz CT molecular complexity index is 750. The smallest absolute Gasteiger partial charge is 0.0959 e. The Balaban J connectivity index is 1.49. The summed E-state index contributed by atoms with van der Waals surface area (Å²) in [5.74, 6) is 0.879. The number of hydrogen-bond acceptors (Lipinski definition) is 2. The number of aliphatic hydroxyl groups excluding tert-OH is 1. The summed E-state index contributed by atoms with van der Waals surface area (Å²) in [6, 6.07) is 18.5. The molecule has 21 heavy (non-hydrogen) atoms. The quantitative estimate of drug-likeness (QED) is 0.796. The van der Waals surface area contributed by atoms with E-state index in [0.717, 1.165) is 17.5 Å². The fourth-order valence-electron chi connectivity index (χ4n) is 3.22. The number of hydrogen-bond donors (Lipinski definition) is 1. The van der Waals surface area contributed by atoms with E-state index in [1.165, 1.54) is 5.56 Å². The van der Waals surface area contributed by atoms with Gasteiger partial charge in [0, 0.05) is 0 Å². The molecule has 1 fully saturated rings. The monoisotopic (exact) mass is 278 g/mol. The van der Waals surface area contributed by atoms with Gasteiger partial charge in [0.15, 0.2) is 0 Å². The average molecular weight is 278 g/mol. The van der Waals surface area contributed by atoms with E-state index in [9.17, 15) is 5.11 Å². The van der Waals surface area contributed by atoms with Crippen LogP contribution in [0.5, 0.6) is 0 Å². The Morgan fingerprint density at radius 1 is 1.10 bits per heavy atom. The van der Waals surface area contributed by atoms with E-state index in [-0.39, 0.29) is 6.10 Å². The Hall–Kier alpha value is -2.13. The Labute approximate surface area is 123 Å². The van der Waals surface area contributed by atoms with Gasteiger partial charge in [-0.2, -0.15) is 0 Å². The zero-order chi connectivity index (χ0) is 14.2. The molecule has 0 saturated heterocycles. The zero-order valence-corrected chi connectivity index (χ0v) is 11.8. The van der Waals surface area contributed by atoms with Crippen LogP contribution < -0.4 is 0 Å². The van der Waals surface area contributed by atoms with Crippen molar-refractivity contribution in [3.8, 4) is 0 Å². The van der Waals surface area contributed by atoms with E-state index < -0.39 is 0 Å². The molecule has 1 aliphatic rings. The summed E-state index contributed by atoms with van der Waals surface area (Å²) in [6.07, 6.45) is 2.60. The molecule has 3 unspecified atom stereocenters. The minimum absolute atomic E-state index is 0.312. The largest absolute Gasteiger partial charge is 0.391 e. The van der Waals surface area contributed by atoms with Crippen LogP contribution in [0.3, 0.4) is 0 Å². The van der Waals surface area contributed by atoms with Gasteiger partial charge in [-0.3, -0.25) is 0 Å². The highest BCUT2D eigenvalue weighted by Gasteiger charge is 2.43. The number of aliphatic hydroxyl groups is 1. The van der Waals surface area contributed by atoms with Gasteiger partial charge in [-0.05, 0) is 36.0 Å². The second-order valence-electron chi connectivity index (χ2n) is 5.87. The highest BCUT2D eigenvalue weighted by Crippen LogP contribution is 2.49. The van der Waals surface area contributed by atoms with Gasteiger partial charge in [0.05, 0.1) is 30.0 Å². The van der Waals surface area contributed by atoms with Gasteiger partial charge in [-0.1, -0.05) is 42.5 Å². The molecule has 0 amide bonds. The molecule has 3 nitrogen and oxygen atoms in total. The van der Waals surface area contributed by atoms with Crippen LogP contribution in [0.15, 0.2) is 60.9 Å². The maximum atomic E-state index is 10.5. The molecule has 1 N–H and O–H groups in total. The second kappa shape index (κ2) is 5.01. The third kappa shape index (κ3) is 2.34. The summed E-state index contributed by atoms with van der Waals surface area (Å²) >= 11 is 0. The van der Waals surface area contributed by atoms with Crippen LogP contribution in [0.2, 0.25) is 0 Å². The summed E-state index contributed by atoms with van der Waals surface area (Å²) in [6.45, 7) is 0.620. The summed E-state index contributed by atoms with van der Waals surface area (Å²) in [4.78, 5) is 4.38. The first-order valence-electron chi connectivity index (χ1n) is 7.46. The lowest BCUT2D eigenvalue weighted by atomic mass is 10.1. The van der Waals surface area contributed by atoms with Crippen molar-refractivity contribution in [1.29, 1.82) is 0 Å². The number of para-hydroxylation sites is 2. The zero-order valence-electron chi connectivity index (χ0n) is 11.8. The fraction of sp³-hybridized carbons (Fsp3) is 0.278. The minimum atomic E-state index is -0.312. The Morgan fingerprint density at radius 2 is 1.86 bits per heavy atom. The normalized spacial score (nSPS) is 22.3. The minimum Gasteiger partial charge on any atom is -0.391 e. The first-order valence-corrected chi connectivity index (χ1v) is 7.46. The number of nitrogens with zero attached hydrogens (tertiary/aromatic N) is 2. The number of rotatable bonds is 4. The average Bonchev–Trinajstić information content (AvgIpc) is 3.25. The van der Waals surface area contributed by atoms with Crippen LogP contribution in [0.25, 0.3) is 11.0 Å². The molecule has 0 aliphatic heterocycles. The van der Waals surface area contributed by atoms with E-state index in [1.807, 2.05) is 30.6 Å². The highest BCUT2D eigenvalue weighted by atomic mass is 16.3. The predicted molar refractivity (Wildman–Crippen MR) is 83.0 cm³/mol. The molecule has 4 rings (SSSR count). The lowest BCUT2D eigenvalue weighted by molar-refractivity contribution is 0.130. The lowest BCUT2D eigenvalue weighted by Crippen LogP contribution is -2.18. The number of fused-ring (bicyclic) bond motifs is 1. The molecular weight excluding hydrogens is 260 g/mol. The maximum absolute atomic E-state index is 10.5. The molecule has 3 atom stereocenters. The predicted octanol–water partition coefficient (Wildman–Crippen LogP) is 3.20. The molecule has 1 heterocycles. The first-order chi connectivity index (χ1) is 10.3. The summed E-state index contributed by atoms with van der Waals surface area (Å²) in [7, 11) is 0. The molecule has 1 aliphatic carbocycles. The Morgan fingerprint density at radius 3 is 2.71 bits per heavy atom. The first kappa shape index (κ1) is 12.6. The summed E-state index contributed by atoms with van der Waals surface area (Å²) in [5.41, 5.74) is 3.42. The molecule has 1 saturated carbocycles. The van der Waals surface area contributed by atoms with Gasteiger partial charge in [-0.25, -0.2) is 4.98 Å². The van der Waals surface area contributed by atoms with E-state index in [2.05, 4.69) is 39.9 Å². The standard InChI is InChI=1S/C18H18N2O/c21-18(15-10-14(15)13-6-2-1-3-7-13)11-20-12-19-16-8-4-5-9-17(16)20/h1-9,12,14-15,18,21H,10-11H2. The van der Waals surface area contributed by atoms with Crippen molar-refractivity contribution in [3.63, 3.8) is 0 Å². The topological polar surface area (TPSA) is 38.0 Å². The van der Waals surface area contributed by atoms with E-state index in [4.69, 9.17) is 0 Å². The number of imidazole rings is 1. The molecule has 3 aromatic rings. The van der Waals surface area contributed by atoms with Crippen molar-refractivity contribution >= 4 is 11.0 Å².